The lowest BCUT2D eigenvalue weighted by Crippen LogP contribution is -2.42. The number of ketones is 1. The van der Waals surface area contributed by atoms with Gasteiger partial charge in [0, 0.05) is 22.9 Å². The second-order valence-corrected chi connectivity index (χ2v) is 9.52. The van der Waals surface area contributed by atoms with Crippen LogP contribution >= 0.6 is 0 Å². The number of aromatic amines is 1. The number of nitrogens with one attached hydrogen (secondary N) is 1. The number of hydrogen-bond donors (Lipinski definition) is 1. The number of methoxy groups -OCH3 is 1. The first-order chi connectivity index (χ1) is 19.9. The van der Waals surface area contributed by atoms with E-state index in [4.69, 9.17) is 4.74 Å². The first kappa shape index (κ1) is 27.3. The largest absolute Gasteiger partial charge is 0.497 e. The quantitative estimate of drug-likeness (QED) is 0.260. The summed E-state index contributed by atoms with van der Waals surface area (Å²) in [6.07, 6.45) is 1.28. The minimum absolute atomic E-state index is 0.226. The highest BCUT2D eigenvalue weighted by atomic mass is 16.5. The van der Waals surface area contributed by atoms with Crippen molar-refractivity contribution in [2.75, 3.05) is 7.11 Å². The van der Waals surface area contributed by atoms with E-state index in [1.807, 2.05) is 55.5 Å². The fourth-order valence-electron chi connectivity index (χ4n) is 4.71. The van der Waals surface area contributed by atoms with Crippen molar-refractivity contribution in [2.45, 2.75) is 32.9 Å². The molecule has 208 valence electrons. The van der Waals surface area contributed by atoms with E-state index in [9.17, 15) is 19.2 Å². The molecule has 0 saturated carbocycles. The molecule has 0 aliphatic heterocycles. The monoisotopic (exact) mass is 552 g/mol. The molecule has 3 aromatic carbocycles. The normalized spacial score (nSPS) is 11.0. The summed E-state index contributed by atoms with van der Waals surface area (Å²) in [5.41, 5.74) is 3.23. The molecule has 0 amide bonds. The number of H-pyrrole nitrogens is 1. The van der Waals surface area contributed by atoms with Crippen LogP contribution in [0.15, 0.2) is 97.8 Å². The van der Waals surface area contributed by atoms with Gasteiger partial charge in [-0.25, -0.2) is 9.59 Å². The first-order valence-corrected chi connectivity index (χ1v) is 13.1. The molecular weight excluding hydrogens is 524 g/mol. The summed E-state index contributed by atoms with van der Waals surface area (Å²) in [6.45, 7) is 1.84. The molecule has 5 rings (SSSR count). The van der Waals surface area contributed by atoms with Crippen molar-refractivity contribution in [3.8, 4) is 28.3 Å². The molecule has 0 aliphatic rings. The van der Waals surface area contributed by atoms with Crippen LogP contribution in [0.2, 0.25) is 0 Å². The number of carbonyl (C=O) groups excluding carboxylic acids is 1. The summed E-state index contributed by atoms with van der Waals surface area (Å²) in [5, 5.41) is 3.81. The van der Waals surface area contributed by atoms with Crippen molar-refractivity contribution in [3.05, 3.63) is 127 Å². The number of nitrogens with zero attached hydrogens (tertiary/aromatic N) is 3. The smallest absolute Gasteiger partial charge is 0.439 e. The Kier molecular flexibility index (Phi) is 7.91. The molecule has 5 aromatic rings. The number of benzene rings is 3. The molecule has 0 fully saturated rings. The van der Waals surface area contributed by atoms with Gasteiger partial charge in [0.1, 0.15) is 5.75 Å². The number of hydrogen-bond acceptors (Lipinski definition) is 7. The average molecular weight is 553 g/mol. The van der Waals surface area contributed by atoms with Crippen LogP contribution < -0.4 is 21.7 Å². The Morgan fingerprint density at radius 1 is 0.927 bits per heavy atom. The van der Waals surface area contributed by atoms with Gasteiger partial charge >= 0.3 is 11.4 Å². The third-order valence-electron chi connectivity index (χ3n) is 6.81. The van der Waals surface area contributed by atoms with Crippen molar-refractivity contribution >= 4 is 5.78 Å². The van der Waals surface area contributed by atoms with Crippen LogP contribution in [0.25, 0.3) is 22.5 Å². The zero-order valence-electron chi connectivity index (χ0n) is 22.6. The number of rotatable bonds is 10. The number of carbonyl (C=O) groups is 1. The third kappa shape index (κ3) is 5.86. The van der Waals surface area contributed by atoms with E-state index in [1.54, 1.807) is 28.8 Å². The van der Waals surface area contributed by atoms with Gasteiger partial charge < -0.3 is 4.74 Å². The Bertz CT molecular complexity index is 1860. The molecule has 0 bridgehead atoms. The van der Waals surface area contributed by atoms with Gasteiger partial charge in [0.2, 0.25) is 0 Å². The van der Waals surface area contributed by atoms with Gasteiger partial charge in [0.15, 0.2) is 11.6 Å². The highest BCUT2D eigenvalue weighted by molar-refractivity contribution is 5.96. The number of ether oxygens (including phenoxy) is 1. The van der Waals surface area contributed by atoms with Gasteiger partial charge in [-0.15, -0.1) is 0 Å². The van der Waals surface area contributed by atoms with Crippen molar-refractivity contribution < 1.29 is 14.1 Å². The van der Waals surface area contributed by atoms with Gasteiger partial charge in [0.25, 0.3) is 5.56 Å². The van der Waals surface area contributed by atoms with E-state index < -0.39 is 17.0 Å². The van der Waals surface area contributed by atoms with Crippen LogP contribution in [0.3, 0.4) is 0 Å². The minimum Gasteiger partial charge on any atom is -0.497 e. The predicted molar refractivity (Wildman–Crippen MR) is 153 cm³/mol. The molecule has 0 spiro atoms. The maximum atomic E-state index is 13.6. The number of Topliss-reactive ketones (excluding diaryl/α,β-unsaturated/α-hetero) is 1. The molecule has 1 N–H and O–H groups in total. The van der Waals surface area contributed by atoms with E-state index in [0.717, 1.165) is 27.7 Å². The molecular formula is C31H28N4O6. The second kappa shape index (κ2) is 11.9. The maximum Gasteiger partial charge on any atom is 0.439 e. The highest BCUT2D eigenvalue weighted by Gasteiger charge is 2.16. The van der Waals surface area contributed by atoms with Crippen molar-refractivity contribution in [1.29, 1.82) is 0 Å². The Morgan fingerprint density at radius 3 is 2.27 bits per heavy atom. The Hall–Kier alpha value is -5.25. The Balaban J connectivity index is 1.45. The molecule has 0 saturated heterocycles. The summed E-state index contributed by atoms with van der Waals surface area (Å²) in [5.74, 6) is -0.0481. The van der Waals surface area contributed by atoms with Crippen LogP contribution in [0.1, 0.15) is 35.0 Å². The van der Waals surface area contributed by atoms with Gasteiger partial charge in [-0.3, -0.25) is 28.2 Å². The number of aromatic nitrogens is 4. The molecule has 0 radical (unpaired) electrons. The van der Waals surface area contributed by atoms with Gasteiger partial charge in [-0.2, -0.15) is 0 Å². The van der Waals surface area contributed by atoms with Gasteiger partial charge in [-0.05, 0) is 47.4 Å². The zero-order valence-corrected chi connectivity index (χ0v) is 22.6. The fraction of sp³-hybridized carbons (Fsp3) is 0.194. The third-order valence-corrected chi connectivity index (χ3v) is 6.81. The van der Waals surface area contributed by atoms with Crippen molar-refractivity contribution in [2.24, 2.45) is 0 Å². The average Bonchev–Trinajstić information content (AvgIpc) is 3.43. The summed E-state index contributed by atoms with van der Waals surface area (Å²) in [7, 11) is 1.53. The maximum absolute atomic E-state index is 13.6. The summed E-state index contributed by atoms with van der Waals surface area (Å²) in [6, 6.07) is 23.1. The molecule has 0 unspecified atom stereocenters. The van der Waals surface area contributed by atoms with Gasteiger partial charge in [0.05, 0.1) is 20.2 Å². The lowest BCUT2D eigenvalue weighted by molar-refractivity contribution is 0.0968. The zero-order chi connectivity index (χ0) is 28.9. The van der Waals surface area contributed by atoms with Crippen LogP contribution in [-0.2, 0) is 19.5 Å². The molecule has 2 aromatic heterocycles. The second-order valence-electron chi connectivity index (χ2n) is 9.52. The van der Waals surface area contributed by atoms with Crippen molar-refractivity contribution in [1.82, 2.24) is 19.3 Å². The molecule has 10 nitrogen and oxygen atoms in total. The predicted octanol–water partition coefficient (Wildman–Crippen LogP) is 3.91. The molecule has 10 heteroatoms. The van der Waals surface area contributed by atoms with E-state index in [1.165, 1.54) is 13.2 Å². The van der Waals surface area contributed by atoms with Crippen LogP contribution in [0, 0.1) is 0 Å². The Morgan fingerprint density at radius 2 is 1.63 bits per heavy atom. The van der Waals surface area contributed by atoms with Crippen molar-refractivity contribution in [3.63, 3.8) is 0 Å². The fourth-order valence-corrected chi connectivity index (χ4v) is 4.71. The summed E-state index contributed by atoms with van der Waals surface area (Å²) >= 11 is 0. The van der Waals surface area contributed by atoms with Crippen LogP contribution in [-0.4, -0.2) is 32.2 Å². The molecule has 0 atom stereocenters. The Labute approximate surface area is 234 Å². The van der Waals surface area contributed by atoms with E-state index in [2.05, 4.69) is 14.7 Å². The standard InChI is InChI=1S/C31H28N4O6/c1-3-6-23-17-28(37)35(19-27(36)22-13-15-24(40-2)16-14-22)31(39)34(23)18-20-9-11-21(12-10-20)25-7-4-5-8-26(25)29-32-30(38)41-33-29/h4-5,7-17H,3,6,18-19H2,1-2H3,(H,32,33,38). The summed E-state index contributed by atoms with van der Waals surface area (Å²) < 4.78 is 12.3. The van der Waals surface area contributed by atoms with Gasteiger partial charge in [-0.1, -0.05) is 67.0 Å². The number of aryl methyl sites for hydroxylation is 1. The summed E-state index contributed by atoms with van der Waals surface area (Å²) in [4.78, 5) is 53.4. The van der Waals surface area contributed by atoms with E-state index >= 15 is 0 Å². The van der Waals surface area contributed by atoms with Crippen LogP contribution in [0.5, 0.6) is 5.75 Å². The molecule has 2 heterocycles. The minimum atomic E-state index is -0.634. The first-order valence-electron chi connectivity index (χ1n) is 13.1. The lowest BCUT2D eigenvalue weighted by atomic mass is 9.98. The van der Waals surface area contributed by atoms with Crippen LogP contribution in [0.4, 0.5) is 0 Å². The highest BCUT2D eigenvalue weighted by Crippen LogP contribution is 2.30. The SMILES string of the molecule is CCCc1cc(=O)n(CC(=O)c2ccc(OC)cc2)c(=O)n1Cc1ccc(-c2ccccc2-c2noc(=O)[nH]2)cc1. The van der Waals surface area contributed by atoms with E-state index in [-0.39, 0.29) is 18.9 Å². The molecule has 41 heavy (non-hydrogen) atoms. The lowest BCUT2D eigenvalue weighted by Gasteiger charge is -2.16. The topological polar surface area (TPSA) is 129 Å². The molecule has 0 aliphatic carbocycles. The van der Waals surface area contributed by atoms with E-state index in [0.29, 0.717) is 34.8 Å².